The lowest BCUT2D eigenvalue weighted by Crippen LogP contribution is -2.61. The summed E-state index contributed by atoms with van der Waals surface area (Å²) in [5.74, 6) is 4.41. The molecule has 0 radical (unpaired) electrons. The molecule has 73 heavy (non-hydrogen) atoms. The lowest BCUT2D eigenvalue weighted by atomic mass is 9.43. The molecule has 5 bridgehead atoms. The molecule has 18 rings (SSSR count). The van der Waals surface area contributed by atoms with Crippen LogP contribution in [0.1, 0.15) is 95.1 Å². The van der Waals surface area contributed by atoms with Crippen LogP contribution in [0.15, 0.2) is 156 Å². The van der Waals surface area contributed by atoms with Crippen molar-refractivity contribution in [1.29, 1.82) is 0 Å². The predicted octanol–water partition coefficient (Wildman–Crippen LogP) is 17.3. The summed E-state index contributed by atoms with van der Waals surface area (Å²) in [5.41, 5.74) is 20.2. The third-order valence-electron chi connectivity index (χ3n) is 21.1. The normalized spacial score (nSPS) is 26.3. The van der Waals surface area contributed by atoms with Crippen molar-refractivity contribution in [2.24, 2.45) is 29.6 Å². The number of nitrogens with zero attached hydrogens (tertiary/aromatic N) is 2. The molecule has 11 aromatic rings. The van der Waals surface area contributed by atoms with Gasteiger partial charge in [-0.25, -0.2) is 0 Å². The second kappa shape index (κ2) is 14.4. The van der Waals surface area contributed by atoms with Gasteiger partial charge in [0.05, 0.1) is 11.0 Å². The first-order valence-corrected chi connectivity index (χ1v) is 28.8. The number of fused-ring (bicyclic) bond motifs is 18. The third-order valence-corrected chi connectivity index (χ3v) is 22.3. The minimum Gasteiger partial charge on any atom is -0.456 e. The van der Waals surface area contributed by atoms with Crippen LogP contribution in [-0.4, -0.2) is 11.4 Å². The van der Waals surface area contributed by atoms with Gasteiger partial charge in [0.25, 0.3) is 0 Å². The summed E-state index contributed by atoms with van der Waals surface area (Å²) in [5, 5.41) is 8.01. The lowest BCUT2D eigenvalue weighted by molar-refractivity contribution is 0.139. The number of rotatable bonds is 5. The zero-order valence-corrected chi connectivity index (χ0v) is 42.4. The minimum absolute atomic E-state index is 0.0701. The molecule has 354 valence electrons. The van der Waals surface area contributed by atoms with Crippen molar-refractivity contribution >= 4 is 104 Å². The van der Waals surface area contributed by atoms with E-state index in [4.69, 9.17) is 4.42 Å². The van der Waals surface area contributed by atoms with Crippen LogP contribution in [0.25, 0.3) is 91.9 Å². The molecule has 0 spiro atoms. The molecular formula is C68H57BN2OS. The number of para-hydroxylation sites is 1. The molecule has 8 aromatic carbocycles. The van der Waals surface area contributed by atoms with Crippen LogP contribution in [-0.2, 0) is 10.8 Å². The smallest absolute Gasteiger partial charge is 0.333 e. The van der Waals surface area contributed by atoms with Crippen molar-refractivity contribution in [3.63, 3.8) is 0 Å². The SMILES string of the molecule is CCC1(c2ccc3c(c2)c2cc(C45CCC6CC(CC6C4)C5)cc4c2n3-c2cc3c(sc5ccccc53)c3c2B4N(c2ccc(-c4ccccc4)cc2)c2cc4oc5ccccc5c4cc2-3)CC2CCC(C2)C1. The van der Waals surface area contributed by atoms with E-state index in [1.807, 2.05) is 11.3 Å². The molecule has 5 heteroatoms. The van der Waals surface area contributed by atoms with Crippen LogP contribution in [0.4, 0.5) is 11.4 Å². The molecule has 3 aromatic heterocycles. The number of hydrogen-bond acceptors (Lipinski definition) is 3. The second-order valence-corrected chi connectivity index (χ2v) is 25.6. The van der Waals surface area contributed by atoms with Crippen LogP contribution in [0, 0.1) is 29.6 Å². The highest BCUT2D eigenvalue weighted by molar-refractivity contribution is 7.26. The monoisotopic (exact) mass is 960 g/mol. The molecular weight excluding hydrogens is 904 g/mol. The predicted molar refractivity (Wildman–Crippen MR) is 307 cm³/mol. The number of anilines is 2. The molecule has 3 nitrogen and oxygen atoms in total. The Hall–Kier alpha value is -6.56. The van der Waals surface area contributed by atoms with Crippen LogP contribution < -0.4 is 15.7 Å². The molecule has 6 unspecified atom stereocenters. The first-order valence-electron chi connectivity index (χ1n) is 28.0. The van der Waals surface area contributed by atoms with E-state index in [0.717, 1.165) is 40.8 Å². The molecule has 0 N–H and O–H groups in total. The summed E-state index contributed by atoms with van der Waals surface area (Å²) in [6.45, 7) is 2.43. The van der Waals surface area contributed by atoms with Gasteiger partial charge < -0.3 is 13.8 Å². The molecule has 0 saturated heterocycles. The number of benzene rings is 8. The summed E-state index contributed by atoms with van der Waals surface area (Å²) in [6.07, 6.45) is 16.5. The molecule has 5 heterocycles. The van der Waals surface area contributed by atoms with Crippen LogP contribution in [0.2, 0.25) is 0 Å². The van der Waals surface area contributed by atoms with E-state index in [9.17, 15) is 0 Å². The topological polar surface area (TPSA) is 21.3 Å². The lowest BCUT2D eigenvalue weighted by Gasteiger charge is -2.46. The maximum Gasteiger partial charge on any atom is 0.333 e. The van der Waals surface area contributed by atoms with Crippen LogP contribution in [0.5, 0.6) is 0 Å². The van der Waals surface area contributed by atoms with E-state index < -0.39 is 0 Å². The van der Waals surface area contributed by atoms with Crippen molar-refractivity contribution in [1.82, 2.24) is 4.57 Å². The van der Waals surface area contributed by atoms with Gasteiger partial charge in [-0.05, 0) is 192 Å². The summed E-state index contributed by atoms with van der Waals surface area (Å²) in [7, 11) is 0. The second-order valence-electron chi connectivity index (χ2n) is 24.5. The number of aromatic nitrogens is 1. The van der Waals surface area contributed by atoms with Gasteiger partial charge in [0, 0.05) is 76.0 Å². The van der Waals surface area contributed by atoms with Gasteiger partial charge in [0.2, 0.25) is 0 Å². The highest BCUT2D eigenvalue weighted by Gasteiger charge is 2.54. The van der Waals surface area contributed by atoms with Gasteiger partial charge >= 0.3 is 6.85 Å². The Balaban J connectivity index is 0.986. The Labute approximate surface area is 430 Å². The van der Waals surface area contributed by atoms with E-state index in [0.29, 0.717) is 0 Å². The minimum atomic E-state index is -0.0701. The highest BCUT2D eigenvalue weighted by Crippen LogP contribution is 2.62. The van der Waals surface area contributed by atoms with Crippen molar-refractivity contribution in [3.8, 4) is 27.9 Å². The molecule has 2 aliphatic heterocycles. The summed E-state index contributed by atoms with van der Waals surface area (Å²) < 4.78 is 12.4. The molecule has 0 amide bonds. The van der Waals surface area contributed by atoms with Crippen molar-refractivity contribution in [2.75, 3.05) is 4.81 Å². The van der Waals surface area contributed by atoms with E-state index in [1.54, 1.807) is 11.1 Å². The number of hydrogen-bond donors (Lipinski definition) is 0. The van der Waals surface area contributed by atoms with Gasteiger partial charge in [-0.2, -0.15) is 0 Å². The van der Waals surface area contributed by atoms with Gasteiger partial charge in [-0.15, -0.1) is 11.3 Å². The maximum atomic E-state index is 6.89. The van der Waals surface area contributed by atoms with E-state index in [-0.39, 0.29) is 17.7 Å². The largest absolute Gasteiger partial charge is 0.456 e. The maximum absolute atomic E-state index is 6.89. The quantitative estimate of drug-likeness (QED) is 0.160. The van der Waals surface area contributed by atoms with Crippen molar-refractivity contribution in [3.05, 3.63) is 163 Å². The Morgan fingerprint density at radius 3 is 2.23 bits per heavy atom. The Morgan fingerprint density at radius 2 is 1.37 bits per heavy atom. The molecule has 6 atom stereocenters. The molecule has 5 fully saturated rings. The van der Waals surface area contributed by atoms with Gasteiger partial charge in [-0.1, -0.05) is 111 Å². The first kappa shape index (κ1) is 40.9. The first-order chi connectivity index (χ1) is 36.0. The molecule has 7 aliphatic rings. The Bertz CT molecular complexity index is 4180. The van der Waals surface area contributed by atoms with Crippen molar-refractivity contribution in [2.45, 2.75) is 94.8 Å². The number of thiophene rings is 1. The van der Waals surface area contributed by atoms with Crippen LogP contribution >= 0.6 is 11.3 Å². The van der Waals surface area contributed by atoms with Crippen LogP contribution in [0.3, 0.4) is 0 Å². The van der Waals surface area contributed by atoms with Crippen molar-refractivity contribution < 1.29 is 4.42 Å². The Morgan fingerprint density at radius 1 is 0.589 bits per heavy atom. The Kier molecular flexibility index (Phi) is 8.06. The van der Waals surface area contributed by atoms with Gasteiger partial charge in [0.1, 0.15) is 11.2 Å². The highest BCUT2D eigenvalue weighted by atomic mass is 32.1. The van der Waals surface area contributed by atoms with E-state index in [1.165, 1.54) is 180 Å². The van der Waals surface area contributed by atoms with E-state index >= 15 is 0 Å². The zero-order chi connectivity index (χ0) is 47.5. The fourth-order valence-corrected chi connectivity index (χ4v) is 19.3. The standard InChI is InChI=1S/C68H57BN2OS/c1-2-67(35-39-16-17-40(26-39)36-67)46-20-23-57-51(29-46)53-30-47(68-25-24-44-27-41(37-68)28-45(44)38-68)31-56-65(53)70(57)59-33-54-50-13-7-9-15-62(50)73-66(54)63-55-32-52-49-12-6-8-14-60(49)72-61(52)34-58(55)71(69(56)64(59)63)48-21-18-43(19-22-48)42-10-4-3-5-11-42/h3-15,18-23,29-34,39-41,44-45H,2,16-17,24-28,35-38H2,1H3. The average molecular weight is 961 g/mol. The number of furan rings is 1. The third kappa shape index (κ3) is 5.42. The summed E-state index contributed by atoms with van der Waals surface area (Å²) >= 11 is 1.99. The fourth-order valence-electron chi connectivity index (χ4n) is 18.1. The summed E-state index contributed by atoms with van der Waals surface area (Å²) in [6, 6.07) is 59.4. The average Bonchev–Trinajstić information content (AvgIpc) is 4.26. The van der Waals surface area contributed by atoms with Gasteiger partial charge in [-0.3, -0.25) is 0 Å². The zero-order valence-electron chi connectivity index (χ0n) is 41.6. The van der Waals surface area contributed by atoms with Gasteiger partial charge in [0.15, 0.2) is 0 Å². The fraction of sp³-hybridized carbons (Fsp3) is 0.294. The summed E-state index contributed by atoms with van der Waals surface area (Å²) in [4.78, 5) is 2.76. The van der Waals surface area contributed by atoms with E-state index in [2.05, 4.69) is 168 Å². The molecule has 5 saturated carbocycles. The molecule has 5 aliphatic carbocycles.